The second kappa shape index (κ2) is 36.7. The van der Waals surface area contributed by atoms with E-state index >= 15 is 0 Å². The van der Waals surface area contributed by atoms with E-state index in [-0.39, 0.29) is 19.1 Å². The molecule has 0 heterocycles. The number of carbonyl (C=O) groups is 2. The van der Waals surface area contributed by atoms with Crippen LogP contribution in [0.5, 0.6) is 0 Å². The number of nitrogens with zero attached hydrogens (tertiary/aromatic N) is 1. The molecule has 0 aromatic rings. The summed E-state index contributed by atoms with van der Waals surface area (Å²) in [6.45, 7) is -0.500. The third kappa shape index (κ3) is 321. The molecule has 11 heavy (non-hydrogen) atoms. The largest absolute Gasteiger partial charge is 0.483 e. The quantitative estimate of drug-likeness (QED) is 0.429. The first-order valence-electron chi connectivity index (χ1n) is 2.33. The Hall–Kier alpha value is -1.14. The average molecular weight is 168 g/mol. The Morgan fingerprint density at radius 2 is 1.00 bits per heavy atom. The molecule has 0 radical (unpaired) electrons. The number of hydrogen-bond acceptors (Lipinski definition) is 4. The van der Waals surface area contributed by atoms with Crippen LogP contribution >= 0.6 is 0 Å². The van der Waals surface area contributed by atoms with Gasteiger partial charge in [-0.15, -0.1) is 0 Å². The Kier molecular flexibility index (Phi) is 75.3. The predicted molar refractivity (Wildman–Crippen MR) is 42.0 cm³/mol. The topological polar surface area (TPSA) is 113 Å². The van der Waals surface area contributed by atoms with Crippen molar-refractivity contribution in [1.29, 1.82) is 0 Å². The molecule has 6 heteroatoms. The highest BCUT2D eigenvalue weighted by atomic mass is 16.3. The van der Waals surface area contributed by atoms with Gasteiger partial charge in [0.15, 0.2) is 0 Å². The molecule has 5 N–H and O–H groups in total. The standard InChI is InChI=1S/C3H9N.2CH2O2.H3N/c1-4(2)3;2*2-1-3;/h1-3H3;2*1H,(H,2,3);1H3. The Labute approximate surface area is 66.0 Å². The van der Waals surface area contributed by atoms with E-state index in [4.69, 9.17) is 19.8 Å². The molecular weight excluding hydrogens is 152 g/mol. The summed E-state index contributed by atoms with van der Waals surface area (Å²) in [6.07, 6.45) is 0. The highest BCUT2D eigenvalue weighted by Gasteiger charge is 1.58. The number of hydrogen-bond donors (Lipinski definition) is 3. The zero-order valence-corrected chi connectivity index (χ0v) is 7.02. The highest BCUT2D eigenvalue weighted by molar-refractivity contribution is 5.32. The van der Waals surface area contributed by atoms with Gasteiger partial charge in [0.05, 0.1) is 0 Å². The van der Waals surface area contributed by atoms with E-state index < -0.39 is 0 Å². The first-order valence-corrected chi connectivity index (χ1v) is 2.33. The molecule has 0 fully saturated rings. The van der Waals surface area contributed by atoms with Crippen LogP contribution < -0.4 is 6.15 Å². The van der Waals surface area contributed by atoms with E-state index in [1.165, 1.54) is 0 Å². The van der Waals surface area contributed by atoms with Gasteiger partial charge in [-0.25, -0.2) is 0 Å². The molecule has 0 saturated heterocycles. The van der Waals surface area contributed by atoms with Gasteiger partial charge in [0, 0.05) is 0 Å². The van der Waals surface area contributed by atoms with E-state index in [0.29, 0.717) is 0 Å². The minimum absolute atomic E-state index is 0. The van der Waals surface area contributed by atoms with Crippen LogP contribution in [0, 0.1) is 0 Å². The summed E-state index contributed by atoms with van der Waals surface area (Å²) in [7, 11) is 6.00. The SMILES string of the molecule is CN(C)C.N.O=CO.O=CO. The van der Waals surface area contributed by atoms with Crippen molar-refractivity contribution in [2.75, 3.05) is 21.1 Å². The van der Waals surface area contributed by atoms with Crippen LogP contribution in [0.1, 0.15) is 0 Å². The monoisotopic (exact) mass is 168 g/mol. The zero-order chi connectivity index (χ0) is 8.99. The molecule has 0 unspecified atom stereocenters. The maximum atomic E-state index is 8.36. The van der Waals surface area contributed by atoms with Crippen molar-refractivity contribution in [3.63, 3.8) is 0 Å². The summed E-state index contributed by atoms with van der Waals surface area (Å²) in [6, 6.07) is 0. The summed E-state index contributed by atoms with van der Waals surface area (Å²) >= 11 is 0. The molecular formula is C5H16N2O4. The molecule has 0 bridgehead atoms. The second-order valence-corrected chi connectivity index (χ2v) is 1.55. The van der Waals surface area contributed by atoms with Crippen LogP contribution in [-0.2, 0) is 9.59 Å². The lowest BCUT2D eigenvalue weighted by atomic mass is 11.0. The van der Waals surface area contributed by atoms with Crippen molar-refractivity contribution < 1.29 is 19.8 Å². The fraction of sp³-hybridized carbons (Fsp3) is 0.600. The summed E-state index contributed by atoms with van der Waals surface area (Å²) in [5.41, 5.74) is 0. The predicted octanol–water partition coefficient (Wildman–Crippen LogP) is -0.259. The third-order valence-electron chi connectivity index (χ3n) is 0. The Morgan fingerprint density at radius 3 is 1.00 bits per heavy atom. The number of rotatable bonds is 0. The van der Waals surface area contributed by atoms with Crippen molar-refractivity contribution in [2.24, 2.45) is 0 Å². The lowest BCUT2D eigenvalue weighted by molar-refractivity contribution is -0.123. The molecule has 0 aliphatic carbocycles. The van der Waals surface area contributed by atoms with Gasteiger partial charge in [0.2, 0.25) is 0 Å². The molecule has 0 amide bonds. The van der Waals surface area contributed by atoms with Crippen LogP contribution in [0.15, 0.2) is 0 Å². The molecule has 0 saturated carbocycles. The van der Waals surface area contributed by atoms with E-state index in [9.17, 15) is 0 Å². The lowest BCUT2D eigenvalue weighted by Gasteiger charge is -1.90. The van der Waals surface area contributed by atoms with Crippen molar-refractivity contribution in [3.8, 4) is 0 Å². The van der Waals surface area contributed by atoms with Gasteiger partial charge in [-0.1, -0.05) is 0 Å². The first-order chi connectivity index (χ1) is 4.56. The highest BCUT2D eigenvalue weighted by Crippen LogP contribution is 1.47. The average Bonchev–Trinajstić information content (AvgIpc) is 1.65. The van der Waals surface area contributed by atoms with Crippen molar-refractivity contribution in [3.05, 3.63) is 0 Å². The third-order valence-corrected chi connectivity index (χ3v) is 0. The molecule has 0 aromatic carbocycles. The van der Waals surface area contributed by atoms with Crippen molar-refractivity contribution in [1.82, 2.24) is 11.1 Å². The maximum Gasteiger partial charge on any atom is 0.290 e. The van der Waals surface area contributed by atoms with Gasteiger partial charge in [0.25, 0.3) is 12.9 Å². The minimum Gasteiger partial charge on any atom is -0.483 e. The summed E-state index contributed by atoms with van der Waals surface area (Å²) in [5.74, 6) is 0. The molecule has 0 spiro atoms. The molecule has 70 valence electrons. The minimum atomic E-state index is -0.250. The second-order valence-electron chi connectivity index (χ2n) is 1.55. The fourth-order valence-corrected chi connectivity index (χ4v) is 0. The normalized spacial score (nSPS) is 5.45. The summed E-state index contributed by atoms with van der Waals surface area (Å²) in [4.78, 5) is 18.7. The van der Waals surface area contributed by atoms with E-state index in [1.54, 1.807) is 0 Å². The molecule has 0 aromatic heterocycles. The van der Waals surface area contributed by atoms with Gasteiger partial charge in [-0.2, -0.15) is 0 Å². The van der Waals surface area contributed by atoms with Crippen LogP contribution in [0.3, 0.4) is 0 Å². The smallest absolute Gasteiger partial charge is 0.290 e. The van der Waals surface area contributed by atoms with Crippen LogP contribution in [0.2, 0.25) is 0 Å². The molecule has 0 aliphatic heterocycles. The fourth-order valence-electron chi connectivity index (χ4n) is 0. The van der Waals surface area contributed by atoms with Gasteiger partial charge >= 0.3 is 0 Å². The van der Waals surface area contributed by atoms with E-state index in [1.807, 2.05) is 26.0 Å². The zero-order valence-electron chi connectivity index (χ0n) is 7.02. The van der Waals surface area contributed by atoms with Gasteiger partial charge < -0.3 is 21.3 Å². The van der Waals surface area contributed by atoms with Crippen molar-refractivity contribution >= 4 is 12.9 Å². The van der Waals surface area contributed by atoms with Gasteiger partial charge in [0.1, 0.15) is 0 Å². The molecule has 0 rings (SSSR count). The molecule has 6 nitrogen and oxygen atoms in total. The van der Waals surface area contributed by atoms with Crippen LogP contribution in [-0.4, -0.2) is 49.2 Å². The summed E-state index contributed by atoms with van der Waals surface area (Å²) < 4.78 is 0. The van der Waals surface area contributed by atoms with Gasteiger partial charge in [-0.05, 0) is 21.1 Å². The first kappa shape index (κ1) is 22.5. The lowest BCUT2D eigenvalue weighted by Crippen LogP contribution is -1.99. The molecule has 0 atom stereocenters. The van der Waals surface area contributed by atoms with Crippen molar-refractivity contribution in [2.45, 2.75) is 0 Å². The Balaban J connectivity index is -0.0000000325. The Bertz CT molecular complexity index is 58.7. The molecule has 0 aliphatic rings. The number of carboxylic acid groups (broad SMARTS) is 2. The van der Waals surface area contributed by atoms with Gasteiger partial charge in [-0.3, -0.25) is 9.59 Å². The maximum absolute atomic E-state index is 8.36. The van der Waals surface area contributed by atoms with E-state index in [0.717, 1.165) is 0 Å². The Morgan fingerprint density at radius 1 is 1.00 bits per heavy atom. The summed E-state index contributed by atoms with van der Waals surface area (Å²) in [5, 5.41) is 13.8. The van der Waals surface area contributed by atoms with Crippen LogP contribution in [0.25, 0.3) is 0 Å². The van der Waals surface area contributed by atoms with Crippen LogP contribution in [0.4, 0.5) is 0 Å². The van der Waals surface area contributed by atoms with E-state index in [2.05, 4.69) is 0 Å².